The highest BCUT2D eigenvalue weighted by molar-refractivity contribution is 5.96. The topological polar surface area (TPSA) is 38.1 Å². The number of aromatic nitrogens is 2. The van der Waals surface area contributed by atoms with Crippen LogP contribution in [0.4, 0.5) is 5.69 Å². The third-order valence-corrected chi connectivity index (χ3v) is 6.97. The van der Waals surface area contributed by atoms with Crippen molar-refractivity contribution in [3.05, 3.63) is 59.9 Å². The van der Waals surface area contributed by atoms with Gasteiger partial charge < -0.3 is 9.47 Å². The average Bonchev–Trinajstić information content (AvgIpc) is 3.33. The number of carbonyl (C=O) groups excluding carboxylic acids is 1. The molecule has 3 aromatic rings. The van der Waals surface area contributed by atoms with Gasteiger partial charge in [-0.05, 0) is 49.1 Å². The first-order valence-corrected chi connectivity index (χ1v) is 11.5. The van der Waals surface area contributed by atoms with Gasteiger partial charge in [0.15, 0.2) is 0 Å². The van der Waals surface area contributed by atoms with Crippen molar-refractivity contribution in [3.8, 4) is 0 Å². The Morgan fingerprint density at radius 1 is 1.03 bits per heavy atom. The monoisotopic (exact) mass is 401 g/mol. The van der Waals surface area contributed by atoms with Crippen LogP contribution < -0.4 is 4.90 Å². The second-order valence-corrected chi connectivity index (χ2v) is 9.15. The molecular formula is C26H31N3O. The van der Waals surface area contributed by atoms with Crippen molar-refractivity contribution in [2.75, 3.05) is 11.4 Å². The molecule has 30 heavy (non-hydrogen) atoms. The minimum absolute atomic E-state index is 0.150. The minimum atomic E-state index is 0.150. The van der Waals surface area contributed by atoms with E-state index < -0.39 is 0 Å². The van der Waals surface area contributed by atoms with Gasteiger partial charge in [-0.3, -0.25) is 4.79 Å². The molecule has 2 aliphatic rings. The summed E-state index contributed by atoms with van der Waals surface area (Å²) in [6.45, 7) is 3.80. The van der Waals surface area contributed by atoms with Crippen molar-refractivity contribution in [1.29, 1.82) is 0 Å². The summed E-state index contributed by atoms with van der Waals surface area (Å²) in [6, 6.07) is 16.7. The highest BCUT2D eigenvalue weighted by atomic mass is 16.2. The highest BCUT2D eigenvalue weighted by Gasteiger charge is 2.35. The van der Waals surface area contributed by atoms with E-state index in [0.29, 0.717) is 6.42 Å². The van der Waals surface area contributed by atoms with Crippen LogP contribution in [0.15, 0.2) is 48.5 Å². The molecule has 0 unspecified atom stereocenters. The number of nitrogens with zero attached hydrogens (tertiary/aromatic N) is 3. The number of amides is 1. The lowest BCUT2D eigenvalue weighted by atomic mass is 9.87. The van der Waals surface area contributed by atoms with Crippen LogP contribution in [0, 0.1) is 12.8 Å². The van der Waals surface area contributed by atoms with Crippen LogP contribution in [0.5, 0.6) is 0 Å². The molecular weight excluding hydrogens is 370 g/mol. The van der Waals surface area contributed by atoms with Gasteiger partial charge in [0.05, 0.1) is 11.0 Å². The standard InChI is InChI=1S/C26H31N3O/c1-19-8-7-11-22(16-19)29-18-21(17-25(29)30)26-27-23-12-5-6-13-24(23)28(26)15-14-20-9-3-2-4-10-20/h5-8,11-13,16,20-21H,2-4,9-10,14-15,17-18H2,1H3/t21-/m1/s1. The maximum atomic E-state index is 12.9. The van der Waals surface area contributed by atoms with E-state index in [-0.39, 0.29) is 11.8 Å². The van der Waals surface area contributed by atoms with Gasteiger partial charge in [-0.25, -0.2) is 4.98 Å². The third kappa shape index (κ3) is 3.76. The second-order valence-electron chi connectivity index (χ2n) is 9.15. The molecule has 2 aromatic carbocycles. The largest absolute Gasteiger partial charge is 0.328 e. The summed E-state index contributed by atoms with van der Waals surface area (Å²) >= 11 is 0. The maximum Gasteiger partial charge on any atom is 0.227 e. The number of benzene rings is 2. The predicted octanol–water partition coefficient (Wildman–Crippen LogP) is 5.84. The van der Waals surface area contributed by atoms with E-state index in [1.807, 2.05) is 17.0 Å². The van der Waals surface area contributed by atoms with Crippen molar-refractivity contribution in [1.82, 2.24) is 9.55 Å². The molecule has 5 rings (SSSR count). The summed E-state index contributed by atoms with van der Waals surface area (Å²) in [5.41, 5.74) is 4.46. The number of hydrogen-bond donors (Lipinski definition) is 0. The molecule has 156 valence electrons. The highest BCUT2D eigenvalue weighted by Crippen LogP contribution is 2.34. The van der Waals surface area contributed by atoms with Crippen LogP contribution in [0.3, 0.4) is 0 Å². The lowest BCUT2D eigenvalue weighted by Gasteiger charge is -2.23. The van der Waals surface area contributed by atoms with Gasteiger partial charge in [-0.15, -0.1) is 0 Å². The second kappa shape index (κ2) is 8.25. The maximum absolute atomic E-state index is 12.9. The molecule has 0 bridgehead atoms. The fraction of sp³-hybridized carbons (Fsp3) is 0.462. The van der Waals surface area contributed by atoms with Crippen molar-refractivity contribution < 1.29 is 4.79 Å². The van der Waals surface area contributed by atoms with Crippen molar-refractivity contribution in [3.63, 3.8) is 0 Å². The number of rotatable bonds is 5. The van der Waals surface area contributed by atoms with Gasteiger partial charge in [0, 0.05) is 31.1 Å². The Bertz CT molecular complexity index is 1050. The number of hydrogen-bond acceptors (Lipinski definition) is 2. The van der Waals surface area contributed by atoms with Crippen molar-refractivity contribution in [2.24, 2.45) is 5.92 Å². The molecule has 1 amide bonds. The predicted molar refractivity (Wildman–Crippen MR) is 122 cm³/mol. The summed E-state index contributed by atoms with van der Waals surface area (Å²) in [6.07, 6.45) is 8.65. The van der Waals surface area contributed by atoms with E-state index in [1.165, 1.54) is 49.6 Å². The van der Waals surface area contributed by atoms with Crippen LogP contribution >= 0.6 is 0 Å². The first kappa shape index (κ1) is 19.3. The van der Waals surface area contributed by atoms with E-state index in [0.717, 1.165) is 36.0 Å². The lowest BCUT2D eigenvalue weighted by molar-refractivity contribution is -0.117. The third-order valence-electron chi connectivity index (χ3n) is 6.97. The summed E-state index contributed by atoms with van der Waals surface area (Å²) < 4.78 is 2.42. The molecule has 1 aliphatic heterocycles. The Labute approximate surface area is 178 Å². The molecule has 4 nitrogen and oxygen atoms in total. The van der Waals surface area contributed by atoms with Crippen LogP contribution in [0.25, 0.3) is 11.0 Å². The van der Waals surface area contributed by atoms with Gasteiger partial charge in [0.25, 0.3) is 0 Å². The molecule has 1 aliphatic carbocycles. The van der Waals surface area contributed by atoms with Gasteiger partial charge >= 0.3 is 0 Å². The Morgan fingerprint density at radius 2 is 1.87 bits per heavy atom. The van der Waals surface area contributed by atoms with Crippen molar-refractivity contribution >= 4 is 22.6 Å². The van der Waals surface area contributed by atoms with E-state index in [1.54, 1.807) is 0 Å². The van der Waals surface area contributed by atoms with Crippen LogP contribution in [-0.2, 0) is 11.3 Å². The van der Waals surface area contributed by atoms with Crippen LogP contribution in [0.2, 0.25) is 0 Å². The SMILES string of the molecule is Cc1cccc(N2C[C@H](c3nc4ccccc4n3CCC3CCCCC3)CC2=O)c1. The van der Waals surface area contributed by atoms with Crippen LogP contribution in [0.1, 0.15) is 62.3 Å². The molecule has 1 saturated carbocycles. The summed E-state index contributed by atoms with van der Waals surface area (Å²) in [5.74, 6) is 2.28. The van der Waals surface area contributed by atoms with E-state index in [9.17, 15) is 4.79 Å². The number of fused-ring (bicyclic) bond motifs is 1. The zero-order valence-corrected chi connectivity index (χ0v) is 17.9. The first-order chi connectivity index (χ1) is 14.7. The van der Waals surface area contributed by atoms with Gasteiger partial charge in [0.2, 0.25) is 5.91 Å². The Kier molecular flexibility index (Phi) is 5.32. The van der Waals surface area contributed by atoms with E-state index in [4.69, 9.17) is 4.98 Å². The molecule has 0 spiro atoms. The fourth-order valence-corrected chi connectivity index (χ4v) is 5.35. The molecule has 0 N–H and O–H groups in total. The molecule has 1 aromatic heterocycles. The van der Waals surface area contributed by atoms with Gasteiger partial charge in [0.1, 0.15) is 5.82 Å². The van der Waals surface area contributed by atoms with Crippen molar-refractivity contribution in [2.45, 2.75) is 64.3 Å². The molecule has 2 fully saturated rings. The zero-order valence-electron chi connectivity index (χ0n) is 17.9. The number of anilines is 1. The van der Waals surface area contributed by atoms with Gasteiger partial charge in [-0.2, -0.15) is 0 Å². The number of carbonyl (C=O) groups is 1. The Hall–Kier alpha value is -2.62. The van der Waals surface area contributed by atoms with Crippen LogP contribution in [-0.4, -0.2) is 22.0 Å². The fourth-order valence-electron chi connectivity index (χ4n) is 5.35. The summed E-state index contributed by atoms with van der Waals surface area (Å²) in [5, 5.41) is 0. The van der Waals surface area contributed by atoms with E-state index >= 15 is 0 Å². The molecule has 1 atom stereocenters. The van der Waals surface area contributed by atoms with Gasteiger partial charge in [-0.1, -0.05) is 56.4 Å². The number of para-hydroxylation sites is 2. The minimum Gasteiger partial charge on any atom is -0.328 e. The Morgan fingerprint density at radius 3 is 2.70 bits per heavy atom. The lowest BCUT2D eigenvalue weighted by Crippen LogP contribution is -2.24. The normalized spacial score (nSPS) is 20.4. The molecule has 1 saturated heterocycles. The molecule has 2 heterocycles. The first-order valence-electron chi connectivity index (χ1n) is 11.5. The average molecular weight is 402 g/mol. The van der Waals surface area contributed by atoms with E-state index in [2.05, 4.69) is 47.9 Å². The quantitative estimate of drug-likeness (QED) is 0.539. The zero-order chi connectivity index (χ0) is 20.5. The summed E-state index contributed by atoms with van der Waals surface area (Å²) in [7, 11) is 0. The number of aryl methyl sites for hydroxylation is 2. The Balaban J connectivity index is 1.42. The number of imidazole rings is 1. The summed E-state index contributed by atoms with van der Waals surface area (Å²) in [4.78, 5) is 19.9. The molecule has 0 radical (unpaired) electrons. The smallest absolute Gasteiger partial charge is 0.227 e. The molecule has 4 heteroatoms.